The molecule has 3 rings (SSSR count). The Balaban J connectivity index is 1.94. The van der Waals surface area contributed by atoms with Gasteiger partial charge in [-0.15, -0.1) is 0 Å². The maximum Gasteiger partial charge on any atom is 0.165 e. The summed E-state index contributed by atoms with van der Waals surface area (Å²) in [6.07, 6.45) is 3.71. The fourth-order valence-corrected chi connectivity index (χ4v) is 2.72. The van der Waals surface area contributed by atoms with Crippen LogP contribution in [-0.4, -0.2) is 52.0 Å². The number of aromatic nitrogens is 4. The second kappa shape index (κ2) is 4.97. The number of imidazole rings is 1. The molecule has 6 nitrogen and oxygen atoms in total. The number of fused-ring (bicyclic) bond motifs is 1. The molecule has 1 aliphatic rings. The van der Waals surface area contributed by atoms with Crippen molar-refractivity contribution in [2.75, 3.05) is 31.7 Å². The minimum absolute atomic E-state index is 0.112. The van der Waals surface area contributed by atoms with Crippen molar-refractivity contribution < 1.29 is 9.13 Å². The molecule has 7 heteroatoms. The van der Waals surface area contributed by atoms with Gasteiger partial charge in [0, 0.05) is 26.6 Å². The van der Waals surface area contributed by atoms with Gasteiger partial charge in [0.1, 0.15) is 6.33 Å². The summed E-state index contributed by atoms with van der Waals surface area (Å²) < 4.78 is 21.4. The summed E-state index contributed by atoms with van der Waals surface area (Å²) in [6, 6.07) is 0. The predicted molar refractivity (Wildman–Crippen MR) is 73.5 cm³/mol. The van der Waals surface area contributed by atoms with Gasteiger partial charge in [0.05, 0.1) is 19.5 Å². The first-order chi connectivity index (χ1) is 9.67. The third-order valence-corrected chi connectivity index (χ3v) is 3.73. The van der Waals surface area contributed by atoms with E-state index in [1.165, 1.54) is 13.4 Å². The SMILES string of the molecule is CCn1cnc2c(N3CCC(F)(COC)C3)ncnc21. The van der Waals surface area contributed by atoms with Gasteiger partial charge in [0.25, 0.3) is 0 Å². The monoisotopic (exact) mass is 279 g/mol. The Hall–Kier alpha value is -1.76. The second-order valence-corrected chi connectivity index (χ2v) is 5.16. The van der Waals surface area contributed by atoms with Crippen molar-refractivity contribution in [3.05, 3.63) is 12.7 Å². The number of halogens is 1. The van der Waals surface area contributed by atoms with E-state index < -0.39 is 5.67 Å². The lowest BCUT2D eigenvalue weighted by molar-refractivity contribution is 0.0571. The molecular weight excluding hydrogens is 261 g/mol. The summed E-state index contributed by atoms with van der Waals surface area (Å²) in [5.74, 6) is 0.706. The molecule has 0 radical (unpaired) electrons. The first-order valence-electron chi connectivity index (χ1n) is 6.75. The zero-order chi connectivity index (χ0) is 14.2. The van der Waals surface area contributed by atoms with Crippen LogP contribution >= 0.6 is 0 Å². The number of anilines is 1. The molecule has 0 saturated carbocycles. The third-order valence-electron chi connectivity index (χ3n) is 3.73. The van der Waals surface area contributed by atoms with Crippen molar-refractivity contribution in [3.63, 3.8) is 0 Å². The Labute approximate surface area is 116 Å². The van der Waals surface area contributed by atoms with E-state index in [1.54, 1.807) is 6.33 Å². The third kappa shape index (κ3) is 2.11. The molecule has 3 heterocycles. The first kappa shape index (κ1) is 13.2. The van der Waals surface area contributed by atoms with Crippen LogP contribution in [0.5, 0.6) is 0 Å². The van der Waals surface area contributed by atoms with E-state index in [0.29, 0.717) is 18.8 Å². The van der Waals surface area contributed by atoms with Gasteiger partial charge in [0.2, 0.25) is 0 Å². The van der Waals surface area contributed by atoms with Crippen LogP contribution in [0.1, 0.15) is 13.3 Å². The predicted octanol–water partition coefficient (Wildman–Crippen LogP) is 1.41. The summed E-state index contributed by atoms with van der Waals surface area (Å²) in [4.78, 5) is 14.9. The van der Waals surface area contributed by atoms with E-state index in [4.69, 9.17) is 4.74 Å². The number of hydrogen-bond acceptors (Lipinski definition) is 5. The molecule has 108 valence electrons. The van der Waals surface area contributed by atoms with E-state index in [9.17, 15) is 4.39 Å². The number of rotatable bonds is 4. The van der Waals surface area contributed by atoms with Gasteiger partial charge >= 0.3 is 0 Å². The molecule has 0 spiro atoms. The van der Waals surface area contributed by atoms with Gasteiger partial charge in [-0.2, -0.15) is 0 Å². The van der Waals surface area contributed by atoms with Crippen LogP contribution in [0.3, 0.4) is 0 Å². The zero-order valence-corrected chi connectivity index (χ0v) is 11.7. The number of alkyl halides is 1. The minimum Gasteiger partial charge on any atom is -0.381 e. The molecule has 1 saturated heterocycles. The molecule has 0 aliphatic carbocycles. The van der Waals surface area contributed by atoms with Crippen LogP contribution < -0.4 is 4.90 Å². The van der Waals surface area contributed by atoms with Gasteiger partial charge in [-0.3, -0.25) is 0 Å². The number of nitrogens with zero attached hydrogens (tertiary/aromatic N) is 5. The van der Waals surface area contributed by atoms with E-state index in [2.05, 4.69) is 15.0 Å². The Bertz CT molecular complexity index is 616. The van der Waals surface area contributed by atoms with Crippen molar-refractivity contribution in [1.29, 1.82) is 0 Å². The molecule has 2 aromatic heterocycles. The number of methoxy groups -OCH3 is 1. The van der Waals surface area contributed by atoms with E-state index >= 15 is 0 Å². The van der Waals surface area contributed by atoms with E-state index in [0.717, 1.165) is 17.7 Å². The normalized spacial score (nSPS) is 22.9. The van der Waals surface area contributed by atoms with Gasteiger partial charge in [-0.25, -0.2) is 19.3 Å². The molecule has 0 bridgehead atoms. The standard InChI is InChI=1S/C13H18FN5O/c1-3-18-9-17-10-11(18)15-8-16-12(10)19-5-4-13(14,6-19)7-20-2/h8-9H,3-7H2,1-2H3. The molecule has 1 atom stereocenters. The number of aryl methyl sites for hydroxylation is 1. The van der Waals surface area contributed by atoms with Crippen LogP contribution in [0.15, 0.2) is 12.7 Å². The molecule has 2 aromatic rings. The largest absolute Gasteiger partial charge is 0.381 e. The highest BCUT2D eigenvalue weighted by atomic mass is 19.1. The van der Waals surface area contributed by atoms with Crippen molar-refractivity contribution in [3.8, 4) is 0 Å². The van der Waals surface area contributed by atoms with Gasteiger partial charge in [0.15, 0.2) is 22.7 Å². The highest BCUT2D eigenvalue weighted by Crippen LogP contribution is 2.31. The average Bonchev–Trinajstić information content (AvgIpc) is 3.02. The van der Waals surface area contributed by atoms with Crippen LogP contribution in [0, 0.1) is 0 Å². The van der Waals surface area contributed by atoms with Crippen LogP contribution in [-0.2, 0) is 11.3 Å². The highest BCUT2D eigenvalue weighted by Gasteiger charge is 2.39. The lowest BCUT2D eigenvalue weighted by Gasteiger charge is -2.20. The Morgan fingerprint density at radius 1 is 1.40 bits per heavy atom. The van der Waals surface area contributed by atoms with Crippen molar-refractivity contribution >= 4 is 17.0 Å². The fraction of sp³-hybridized carbons (Fsp3) is 0.615. The lowest BCUT2D eigenvalue weighted by atomic mass is 10.1. The summed E-state index contributed by atoms with van der Waals surface area (Å²) in [5.41, 5.74) is 0.218. The van der Waals surface area contributed by atoms with Gasteiger partial charge < -0.3 is 14.2 Å². The summed E-state index contributed by atoms with van der Waals surface area (Å²) in [6.45, 7) is 3.84. The van der Waals surface area contributed by atoms with Crippen LogP contribution in [0.4, 0.5) is 10.2 Å². The molecule has 0 amide bonds. The highest BCUT2D eigenvalue weighted by molar-refractivity contribution is 5.83. The summed E-state index contributed by atoms with van der Waals surface area (Å²) in [5, 5.41) is 0. The first-order valence-corrected chi connectivity index (χ1v) is 6.75. The Morgan fingerprint density at radius 2 is 2.25 bits per heavy atom. The molecule has 20 heavy (non-hydrogen) atoms. The number of ether oxygens (including phenoxy) is 1. The minimum atomic E-state index is -1.31. The smallest absolute Gasteiger partial charge is 0.165 e. The van der Waals surface area contributed by atoms with Crippen molar-refractivity contribution in [2.24, 2.45) is 0 Å². The Morgan fingerprint density at radius 3 is 3.00 bits per heavy atom. The molecule has 0 N–H and O–H groups in total. The van der Waals surface area contributed by atoms with Crippen molar-refractivity contribution in [1.82, 2.24) is 19.5 Å². The summed E-state index contributed by atoms with van der Waals surface area (Å²) >= 11 is 0. The topological polar surface area (TPSA) is 56.1 Å². The summed E-state index contributed by atoms with van der Waals surface area (Å²) in [7, 11) is 1.52. The van der Waals surface area contributed by atoms with E-state index in [1.807, 2.05) is 16.4 Å². The van der Waals surface area contributed by atoms with Gasteiger partial charge in [-0.1, -0.05) is 0 Å². The van der Waals surface area contributed by atoms with E-state index in [-0.39, 0.29) is 13.2 Å². The zero-order valence-electron chi connectivity index (χ0n) is 11.7. The van der Waals surface area contributed by atoms with Crippen molar-refractivity contribution in [2.45, 2.75) is 25.6 Å². The molecule has 1 fully saturated rings. The molecule has 0 aromatic carbocycles. The quantitative estimate of drug-likeness (QED) is 0.847. The molecule has 1 unspecified atom stereocenters. The number of hydrogen-bond donors (Lipinski definition) is 0. The molecular formula is C13H18FN5O. The Kier molecular flexibility index (Phi) is 3.29. The van der Waals surface area contributed by atoms with Crippen LogP contribution in [0.25, 0.3) is 11.2 Å². The fourth-order valence-electron chi connectivity index (χ4n) is 2.72. The van der Waals surface area contributed by atoms with Gasteiger partial charge in [-0.05, 0) is 6.92 Å². The average molecular weight is 279 g/mol. The van der Waals surface area contributed by atoms with Crippen LogP contribution in [0.2, 0.25) is 0 Å². The second-order valence-electron chi connectivity index (χ2n) is 5.16. The maximum atomic E-state index is 14.5. The molecule has 1 aliphatic heterocycles. The maximum absolute atomic E-state index is 14.5. The lowest BCUT2D eigenvalue weighted by Crippen LogP contribution is -2.33.